The van der Waals surface area contributed by atoms with Crippen LogP contribution in [0.15, 0.2) is 75.8 Å². The van der Waals surface area contributed by atoms with Gasteiger partial charge in [-0.25, -0.2) is 0 Å². The van der Waals surface area contributed by atoms with E-state index in [0.29, 0.717) is 36.3 Å². The van der Waals surface area contributed by atoms with Crippen LogP contribution < -0.4 is 10.1 Å². The first-order chi connectivity index (χ1) is 14.7. The van der Waals surface area contributed by atoms with Crippen molar-refractivity contribution in [1.82, 2.24) is 10.2 Å². The van der Waals surface area contributed by atoms with Gasteiger partial charge in [-0.3, -0.25) is 4.79 Å². The van der Waals surface area contributed by atoms with E-state index in [2.05, 4.69) is 15.5 Å². The molecule has 0 unspecified atom stereocenters. The summed E-state index contributed by atoms with van der Waals surface area (Å²) in [5, 5.41) is 10.9. The largest absolute Gasteiger partial charge is 0.489 e. The molecule has 0 atom stereocenters. The minimum atomic E-state index is -0.132. The van der Waals surface area contributed by atoms with Crippen molar-refractivity contribution >= 4 is 11.6 Å². The third-order valence-corrected chi connectivity index (χ3v) is 4.51. The number of furan rings is 1. The monoisotopic (exact) mass is 403 g/mol. The van der Waals surface area contributed by atoms with Crippen LogP contribution in [0.3, 0.4) is 0 Å². The average Bonchev–Trinajstić information content (AvgIpc) is 3.41. The number of aromatic nitrogens is 2. The van der Waals surface area contributed by atoms with Gasteiger partial charge in [-0.2, -0.15) is 0 Å². The summed E-state index contributed by atoms with van der Waals surface area (Å²) in [4.78, 5) is 12.2. The molecule has 0 saturated heterocycles. The molecule has 4 rings (SSSR count). The van der Waals surface area contributed by atoms with Crippen molar-refractivity contribution in [3.8, 4) is 17.2 Å². The number of carbonyl (C=O) groups is 1. The molecule has 0 aliphatic heterocycles. The fourth-order valence-electron chi connectivity index (χ4n) is 2.89. The molecule has 0 aliphatic carbocycles. The number of nitrogens with one attached hydrogen (secondary N) is 1. The summed E-state index contributed by atoms with van der Waals surface area (Å²) in [6, 6.07) is 19.0. The summed E-state index contributed by atoms with van der Waals surface area (Å²) in [6.07, 6.45) is 2.16. The predicted molar refractivity (Wildman–Crippen MR) is 111 cm³/mol. The van der Waals surface area contributed by atoms with Crippen LogP contribution in [0.4, 0.5) is 5.69 Å². The summed E-state index contributed by atoms with van der Waals surface area (Å²) >= 11 is 0. The number of hydrogen-bond donors (Lipinski definition) is 1. The van der Waals surface area contributed by atoms with E-state index in [1.807, 2.05) is 61.5 Å². The molecule has 1 amide bonds. The number of benzene rings is 2. The predicted octanol–water partition coefficient (Wildman–Crippen LogP) is 4.79. The van der Waals surface area contributed by atoms with E-state index in [-0.39, 0.29) is 12.3 Å². The Bertz CT molecular complexity index is 1100. The maximum Gasteiger partial charge on any atom is 0.251 e. The van der Waals surface area contributed by atoms with Gasteiger partial charge in [0.2, 0.25) is 11.8 Å². The third-order valence-electron chi connectivity index (χ3n) is 4.51. The van der Waals surface area contributed by atoms with Crippen molar-refractivity contribution in [3.63, 3.8) is 0 Å². The number of anilines is 1. The zero-order valence-electron chi connectivity index (χ0n) is 16.5. The lowest BCUT2D eigenvalue weighted by Gasteiger charge is -2.08. The van der Waals surface area contributed by atoms with Crippen LogP contribution in [0.2, 0.25) is 0 Å². The molecule has 0 spiro atoms. The van der Waals surface area contributed by atoms with E-state index in [4.69, 9.17) is 13.6 Å². The highest BCUT2D eigenvalue weighted by Gasteiger charge is 2.14. The van der Waals surface area contributed by atoms with Gasteiger partial charge in [-0.1, -0.05) is 30.3 Å². The van der Waals surface area contributed by atoms with Gasteiger partial charge < -0.3 is 18.9 Å². The van der Waals surface area contributed by atoms with Crippen molar-refractivity contribution in [3.05, 3.63) is 84.1 Å². The number of rotatable bonds is 8. The molecule has 7 heteroatoms. The number of amides is 1. The van der Waals surface area contributed by atoms with Gasteiger partial charge in [0.15, 0.2) is 0 Å². The molecule has 0 bridgehead atoms. The summed E-state index contributed by atoms with van der Waals surface area (Å²) in [5.74, 6) is 2.12. The third kappa shape index (κ3) is 4.94. The fraction of sp³-hybridized carbons (Fsp3) is 0.174. The Morgan fingerprint density at radius 3 is 2.57 bits per heavy atom. The highest BCUT2D eigenvalue weighted by molar-refractivity contribution is 5.90. The van der Waals surface area contributed by atoms with Gasteiger partial charge in [0.25, 0.3) is 5.89 Å². The molecule has 30 heavy (non-hydrogen) atoms. The van der Waals surface area contributed by atoms with Crippen molar-refractivity contribution in [1.29, 1.82) is 0 Å². The average molecular weight is 403 g/mol. The van der Waals surface area contributed by atoms with Crippen molar-refractivity contribution in [2.24, 2.45) is 0 Å². The maximum atomic E-state index is 12.2. The smallest absolute Gasteiger partial charge is 0.251 e. The first kappa shape index (κ1) is 19.4. The molecular weight excluding hydrogens is 382 g/mol. The van der Waals surface area contributed by atoms with Crippen LogP contribution in [0.5, 0.6) is 5.75 Å². The van der Waals surface area contributed by atoms with Gasteiger partial charge in [0.05, 0.1) is 11.8 Å². The molecule has 2 aromatic carbocycles. The summed E-state index contributed by atoms with van der Waals surface area (Å²) in [7, 11) is 0. The highest BCUT2D eigenvalue weighted by Crippen LogP contribution is 2.23. The second kappa shape index (κ2) is 9.09. The number of carbonyl (C=O) groups excluding carboxylic acids is 1. The lowest BCUT2D eigenvalue weighted by Crippen LogP contribution is -2.12. The van der Waals surface area contributed by atoms with E-state index in [9.17, 15) is 4.79 Å². The molecule has 0 saturated carbocycles. The van der Waals surface area contributed by atoms with Gasteiger partial charge >= 0.3 is 0 Å². The molecule has 0 radical (unpaired) electrons. The topological polar surface area (TPSA) is 90.4 Å². The van der Waals surface area contributed by atoms with E-state index in [0.717, 1.165) is 16.9 Å². The van der Waals surface area contributed by atoms with Crippen LogP contribution in [-0.2, 0) is 17.8 Å². The van der Waals surface area contributed by atoms with Crippen molar-refractivity contribution < 1.29 is 18.4 Å². The fourth-order valence-corrected chi connectivity index (χ4v) is 2.89. The Balaban J connectivity index is 1.25. The zero-order valence-corrected chi connectivity index (χ0v) is 16.5. The normalized spacial score (nSPS) is 10.7. The van der Waals surface area contributed by atoms with Crippen LogP contribution in [0, 0.1) is 6.92 Å². The molecular formula is C23H21N3O4. The molecule has 1 N–H and O–H groups in total. The first-order valence-corrected chi connectivity index (χ1v) is 9.61. The molecule has 152 valence electrons. The van der Waals surface area contributed by atoms with Crippen LogP contribution >= 0.6 is 0 Å². The second-order valence-electron chi connectivity index (χ2n) is 6.74. The molecule has 7 nitrogen and oxygen atoms in total. The van der Waals surface area contributed by atoms with Gasteiger partial charge in [-0.15, -0.1) is 10.2 Å². The minimum Gasteiger partial charge on any atom is -0.489 e. The minimum absolute atomic E-state index is 0.132. The van der Waals surface area contributed by atoms with Crippen LogP contribution in [0.25, 0.3) is 11.5 Å². The lowest BCUT2D eigenvalue weighted by molar-refractivity contribution is -0.116. The van der Waals surface area contributed by atoms with Crippen molar-refractivity contribution in [2.75, 3.05) is 5.32 Å². The Hall–Kier alpha value is -3.87. The first-order valence-electron chi connectivity index (χ1n) is 9.61. The summed E-state index contributed by atoms with van der Waals surface area (Å²) in [6.45, 7) is 2.32. The maximum absolute atomic E-state index is 12.2. The van der Waals surface area contributed by atoms with E-state index in [1.54, 1.807) is 12.3 Å². The number of nitrogens with zero attached hydrogens (tertiary/aromatic N) is 2. The Kier molecular flexibility index (Phi) is 5.89. The van der Waals surface area contributed by atoms with Gasteiger partial charge in [-0.05, 0) is 42.8 Å². The van der Waals surface area contributed by atoms with E-state index >= 15 is 0 Å². The van der Waals surface area contributed by atoms with Crippen LogP contribution in [-0.4, -0.2) is 16.1 Å². The standard InChI is InChI=1S/C23H21N3O4/c1-16-20(13-14-28-16)23-26-25-22(30-23)12-11-21(27)24-18-7-9-19(10-8-18)29-15-17-5-3-2-4-6-17/h2-10,13-14H,11-12,15H2,1H3,(H,24,27). The van der Waals surface area contributed by atoms with Crippen molar-refractivity contribution in [2.45, 2.75) is 26.4 Å². The number of aryl methyl sites for hydroxylation is 2. The van der Waals surface area contributed by atoms with E-state index < -0.39 is 0 Å². The summed E-state index contributed by atoms with van der Waals surface area (Å²) < 4.78 is 16.6. The quantitative estimate of drug-likeness (QED) is 0.455. The molecule has 2 heterocycles. The van der Waals surface area contributed by atoms with E-state index in [1.165, 1.54) is 0 Å². The Labute approximate surface area is 173 Å². The molecule has 0 fully saturated rings. The zero-order chi connectivity index (χ0) is 20.8. The van der Waals surface area contributed by atoms with Crippen LogP contribution in [0.1, 0.15) is 23.6 Å². The number of hydrogen-bond acceptors (Lipinski definition) is 6. The highest BCUT2D eigenvalue weighted by atomic mass is 16.5. The Morgan fingerprint density at radius 1 is 1.03 bits per heavy atom. The SMILES string of the molecule is Cc1occc1-c1nnc(CCC(=O)Nc2ccc(OCc3ccccc3)cc2)o1. The molecule has 4 aromatic rings. The number of ether oxygens (including phenoxy) is 1. The summed E-state index contributed by atoms with van der Waals surface area (Å²) in [5.41, 5.74) is 2.56. The molecule has 2 aromatic heterocycles. The van der Waals surface area contributed by atoms with Gasteiger partial charge in [0.1, 0.15) is 18.1 Å². The lowest BCUT2D eigenvalue weighted by atomic mass is 10.2. The Morgan fingerprint density at radius 2 is 1.83 bits per heavy atom. The molecule has 0 aliphatic rings. The van der Waals surface area contributed by atoms with Gasteiger partial charge in [0, 0.05) is 18.5 Å². The second-order valence-corrected chi connectivity index (χ2v) is 6.74.